The monoisotopic (exact) mass is 354 g/mol. The van der Waals surface area contributed by atoms with E-state index in [0.29, 0.717) is 51.0 Å². The van der Waals surface area contributed by atoms with Gasteiger partial charge in [-0.3, -0.25) is 4.90 Å². The lowest BCUT2D eigenvalue weighted by Crippen LogP contribution is -2.51. The summed E-state index contributed by atoms with van der Waals surface area (Å²) in [6.45, 7) is 7.58. The van der Waals surface area contributed by atoms with Gasteiger partial charge in [-0.15, -0.1) is 0 Å². The van der Waals surface area contributed by atoms with Gasteiger partial charge in [0.25, 0.3) is 0 Å². The minimum atomic E-state index is -0.649. The molecule has 140 valence electrons. The van der Waals surface area contributed by atoms with Crippen LogP contribution in [0.1, 0.15) is 13.8 Å². The molecular formula is C18H27FN2O4. The first-order chi connectivity index (χ1) is 11.9. The molecule has 1 atom stereocenters. The lowest BCUT2D eigenvalue weighted by Gasteiger charge is -2.35. The van der Waals surface area contributed by atoms with Crippen molar-refractivity contribution in [2.45, 2.75) is 20.0 Å². The maximum Gasteiger partial charge on any atom is 0.409 e. The fourth-order valence-electron chi connectivity index (χ4n) is 2.52. The van der Waals surface area contributed by atoms with Crippen LogP contribution in [-0.4, -0.2) is 73.0 Å². The van der Waals surface area contributed by atoms with Gasteiger partial charge in [-0.25, -0.2) is 9.18 Å². The summed E-state index contributed by atoms with van der Waals surface area (Å²) in [7, 11) is 0. The zero-order chi connectivity index (χ0) is 18.2. The molecule has 0 saturated carbocycles. The summed E-state index contributed by atoms with van der Waals surface area (Å²) < 4.78 is 23.5. The average molecular weight is 354 g/mol. The highest BCUT2D eigenvalue weighted by molar-refractivity contribution is 5.67. The molecule has 1 fully saturated rings. The Hall–Kier alpha value is -1.86. The molecule has 0 aliphatic carbocycles. The van der Waals surface area contributed by atoms with E-state index in [4.69, 9.17) is 9.47 Å². The maximum absolute atomic E-state index is 12.8. The number of carbonyl (C=O) groups is 1. The lowest BCUT2D eigenvalue weighted by atomic mass is 10.2. The van der Waals surface area contributed by atoms with Crippen molar-refractivity contribution in [2.75, 3.05) is 45.9 Å². The van der Waals surface area contributed by atoms with Crippen LogP contribution in [-0.2, 0) is 4.74 Å². The number of hydrogen-bond donors (Lipinski definition) is 1. The highest BCUT2D eigenvalue weighted by Gasteiger charge is 2.23. The summed E-state index contributed by atoms with van der Waals surface area (Å²) in [5.41, 5.74) is 0. The van der Waals surface area contributed by atoms with E-state index >= 15 is 0 Å². The molecule has 0 aromatic heterocycles. The number of nitrogens with zero attached hydrogens (tertiary/aromatic N) is 2. The lowest BCUT2D eigenvalue weighted by molar-refractivity contribution is 0.0377. The van der Waals surface area contributed by atoms with E-state index in [0.717, 1.165) is 0 Å². The molecule has 0 spiro atoms. The number of benzene rings is 1. The molecule has 1 aromatic rings. The number of β-amino-alcohol motifs (C(OH)–C–C–N with tert-alkyl or cyclic N) is 1. The number of amides is 1. The molecule has 0 radical (unpaired) electrons. The Balaban J connectivity index is 1.65. The number of rotatable bonds is 7. The number of aliphatic hydroxyl groups excluding tert-OH is 1. The van der Waals surface area contributed by atoms with E-state index in [2.05, 4.69) is 4.90 Å². The van der Waals surface area contributed by atoms with E-state index in [9.17, 15) is 14.3 Å². The molecule has 1 N–H and O–H groups in total. The van der Waals surface area contributed by atoms with Crippen molar-refractivity contribution in [2.24, 2.45) is 5.92 Å². The highest BCUT2D eigenvalue weighted by Crippen LogP contribution is 2.12. The fraction of sp³-hybridized carbons (Fsp3) is 0.611. The normalized spacial score (nSPS) is 16.8. The molecular weight excluding hydrogens is 327 g/mol. The van der Waals surface area contributed by atoms with Crippen LogP contribution in [0.5, 0.6) is 5.75 Å². The average Bonchev–Trinajstić information content (AvgIpc) is 2.60. The van der Waals surface area contributed by atoms with E-state index in [1.165, 1.54) is 24.3 Å². The molecule has 6 nitrogen and oxygen atoms in total. The second-order valence-electron chi connectivity index (χ2n) is 6.68. The molecule has 0 bridgehead atoms. The smallest absolute Gasteiger partial charge is 0.409 e. The summed E-state index contributed by atoms with van der Waals surface area (Å²) >= 11 is 0. The van der Waals surface area contributed by atoms with Gasteiger partial charge in [0, 0.05) is 32.7 Å². The number of ether oxygens (including phenoxy) is 2. The van der Waals surface area contributed by atoms with Gasteiger partial charge in [0.1, 0.15) is 24.3 Å². The molecule has 1 aliphatic rings. The van der Waals surface area contributed by atoms with Crippen molar-refractivity contribution in [1.29, 1.82) is 0 Å². The zero-order valence-corrected chi connectivity index (χ0v) is 14.9. The van der Waals surface area contributed by atoms with Gasteiger partial charge in [-0.2, -0.15) is 0 Å². The minimum absolute atomic E-state index is 0.141. The van der Waals surface area contributed by atoms with Gasteiger partial charge >= 0.3 is 6.09 Å². The van der Waals surface area contributed by atoms with Gasteiger partial charge in [-0.1, -0.05) is 13.8 Å². The Kier molecular flexibility index (Phi) is 7.46. The van der Waals surface area contributed by atoms with E-state index in [-0.39, 0.29) is 18.5 Å². The Morgan fingerprint density at radius 1 is 1.16 bits per heavy atom. The van der Waals surface area contributed by atoms with Crippen LogP contribution in [0.15, 0.2) is 24.3 Å². The quantitative estimate of drug-likeness (QED) is 0.811. The second-order valence-corrected chi connectivity index (χ2v) is 6.68. The molecule has 1 heterocycles. The van der Waals surface area contributed by atoms with E-state index in [1.807, 2.05) is 13.8 Å². The summed E-state index contributed by atoms with van der Waals surface area (Å²) in [4.78, 5) is 15.7. The zero-order valence-electron chi connectivity index (χ0n) is 14.9. The first kappa shape index (κ1) is 19.5. The summed E-state index contributed by atoms with van der Waals surface area (Å²) in [5, 5.41) is 10.1. The summed E-state index contributed by atoms with van der Waals surface area (Å²) in [5.74, 6) is 0.525. The van der Waals surface area contributed by atoms with Crippen molar-refractivity contribution in [3.8, 4) is 5.75 Å². The van der Waals surface area contributed by atoms with Crippen LogP contribution in [0, 0.1) is 11.7 Å². The van der Waals surface area contributed by atoms with E-state index < -0.39 is 6.10 Å². The van der Waals surface area contributed by atoms with Gasteiger partial charge in [0.05, 0.1) is 6.61 Å². The first-order valence-electron chi connectivity index (χ1n) is 8.64. The molecule has 1 saturated heterocycles. The summed E-state index contributed by atoms with van der Waals surface area (Å²) in [6.07, 6.45) is -0.918. The number of hydrogen-bond acceptors (Lipinski definition) is 5. The van der Waals surface area contributed by atoms with Crippen LogP contribution in [0.25, 0.3) is 0 Å². The Morgan fingerprint density at radius 3 is 2.40 bits per heavy atom. The molecule has 1 aliphatic heterocycles. The SMILES string of the molecule is CC(C)COC(=O)N1CCN(CC(O)COc2ccc(F)cc2)CC1. The predicted octanol–water partition coefficient (Wildman–Crippen LogP) is 1.98. The molecule has 1 amide bonds. The molecule has 25 heavy (non-hydrogen) atoms. The highest BCUT2D eigenvalue weighted by atomic mass is 19.1. The molecule has 7 heteroatoms. The Morgan fingerprint density at radius 2 is 1.80 bits per heavy atom. The standard InChI is InChI=1S/C18H27FN2O4/c1-14(2)12-25-18(23)21-9-7-20(8-10-21)11-16(22)13-24-17-5-3-15(19)4-6-17/h3-6,14,16,22H,7-13H2,1-2H3. The van der Waals surface area contributed by atoms with Crippen molar-refractivity contribution >= 4 is 6.09 Å². The van der Waals surface area contributed by atoms with Crippen molar-refractivity contribution in [3.05, 3.63) is 30.1 Å². The molecule has 1 aromatic carbocycles. The van der Waals surface area contributed by atoms with Crippen LogP contribution in [0.2, 0.25) is 0 Å². The van der Waals surface area contributed by atoms with Gasteiger partial charge in [0.2, 0.25) is 0 Å². The third-order valence-corrected chi connectivity index (χ3v) is 3.90. The van der Waals surface area contributed by atoms with Crippen molar-refractivity contribution < 1.29 is 23.8 Å². The maximum atomic E-state index is 12.8. The van der Waals surface area contributed by atoms with Gasteiger partial charge in [0.15, 0.2) is 0 Å². The second kappa shape index (κ2) is 9.58. The van der Waals surface area contributed by atoms with Crippen LogP contribution in [0.4, 0.5) is 9.18 Å². The fourth-order valence-corrected chi connectivity index (χ4v) is 2.52. The third kappa shape index (κ3) is 6.88. The van der Waals surface area contributed by atoms with Gasteiger partial charge < -0.3 is 19.5 Å². The van der Waals surface area contributed by atoms with Crippen LogP contribution < -0.4 is 4.74 Å². The number of halogens is 1. The van der Waals surface area contributed by atoms with Crippen LogP contribution >= 0.6 is 0 Å². The molecule has 1 unspecified atom stereocenters. The van der Waals surface area contributed by atoms with Crippen molar-refractivity contribution in [3.63, 3.8) is 0 Å². The van der Waals surface area contributed by atoms with Gasteiger partial charge in [-0.05, 0) is 30.2 Å². The number of aliphatic hydroxyl groups is 1. The van der Waals surface area contributed by atoms with Crippen molar-refractivity contribution in [1.82, 2.24) is 9.80 Å². The largest absolute Gasteiger partial charge is 0.491 e. The summed E-state index contributed by atoms with van der Waals surface area (Å²) in [6, 6.07) is 5.70. The van der Waals surface area contributed by atoms with Crippen LogP contribution in [0.3, 0.4) is 0 Å². The Bertz CT molecular complexity index is 530. The predicted molar refractivity (Wildman–Crippen MR) is 92.1 cm³/mol. The first-order valence-corrected chi connectivity index (χ1v) is 8.64. The number of piperazine rings is 1. The molecule has 2 rings (SSSR count). The van der Waals surface area contributed by atoms with E-state index in [1.54, 1.807) is 4.90 Å². The number of carbonyl (C=O) groups excluding carboxylic acids is 1. The topological polar surface area (TPSA) is 62.2 Å². The third-order valence-electron chi connectivity index (χ3n) is 3.90. The Labute approximate surface area is 148 Å². The minimum Gasteiger partial charge on any atom is -0.491 e.